The molecule has 2 aromatic heterocycles. The number of alkyl halides is 1. The number of nitro groups is 1. The maximum atomic E-state index is 10.9. The van der Waals surface area contributed by atoms with Gasteiger partial charge in [0.05, 0.1) is 16.5 Å². The van der Waals surface area contributed by atoms with E-state index >= 15 is 0 Å². The lowest BCUT2D eigenvalue weighted by Crippen LogP contribution is -2.01. The molecule has 2 rings (SSSR count). The number of anilines is 2. The SMILES string of the molecule is O=[N+]([O-])c1c(Cl)ncnc1Nc1nc(CCl)cs1. The molecule has 7 nitrogen and oxygen atoms in total. The van der Waals surface area contributed by atoms with Gasteiger partial charge in [-0.05, 0) is 0 Å². The molecule has 0 radical (unpaired) electrons. The fraction of sp³-hybridized carbons (Fsp3) is 0.125. The molecule has 0 unspecified atom stereocenters. The van der Waals surface area contributed by atoms with Crippen molar-refractivity contribution < 1.29 is 4.92 Å². The van der Waals surface area contributed by atoms with Crippen LogP contribution in [0.25, 0.3) is 0 Å². The molecule has 0 amide bonds. The van der Waals surface area contributed by atoms with E-state index in [0.29, 0.717) is 10.8 Å². The lowest BCUT2D eigenvalue weighted by molar-refractivity contribution is -0.384. The number of thiazole rings is 1. The van der Waals surface area contributed by atoms with Gasteiger partial charge in [0.2, 0.25) is 11.0 Å². The average Bonchev–Trinajstić information content (AvgIpc) is 2.76. The predicted octanol–water partition coefficient (Wildman–Crippen LogP) is 2.98. The fourth-order valence-electron chi connectivity index (χ4n) is 1.14. The second kappa shape index (κ2) is 5.42. The maximum Gasteiger partial charge on any atom is 0.348 e. The molecular formula is C8H5Cl2N5O2S. The summed E-state index contributed by atoms with van der Waals surface area (Å²) in [6, 6.07) is 0. The molecule has 18 heavy (non-hydrogen) atoms. The number of nitrogens with one attached hydrogen (secondary N) is 1. The summed E-state index contributed by atoms with van der Waals surface area (Å²) in [5.41, 5.74) is 0.286. The van der Waals surface area contributed by atoms with Crippen LogP contribution in [-0.4, -0.2) is 19.9 Å². The highest BCUT2D eigenvalue weighted by atomic mass is 35.5. The normalized spacial score (nSPS) is 10.3. The van der Waals surface area contributed by atoms with Gasteiger partial charge in [0.25, 0.3) is 0 Å². The van der Waals surface area contributed by atoms with Gasteiger partial charge in [-0.2, -0.15) is 0 Å². The molecule has 0 aliphatic carbocycles. The van der Waals surface area contributed by atoms with Crippen LogP contribution in [-0.2, 0) is 5.88 Å². The molecule has 0 aliphatic rings. The largest absolute Gasteiger partial charge is 0.348 e. The average molecular weight is 306 g/mol. The van der Waals surface area contributed by atoms with Gasteiger partial charge in [-0.15, -0.1) is 22.9 Å². The van der Waals surface area contributed by atoms with Crippen LogP contribution in [0.4, 0.5) is 16.6 Å². The summed E-state index contributed by atoms with van der Waals surface area (Å²) in [5.74, 6) is 0.264. The third-order valence-electron chi connectivity index (χ3n) is 1.87. The van der Waals surface area contributed by atoms with Crippen molar-refractivity contribution in [1.29, 1.82) is 0 Å². The zero-order valence-corrected chi connectivity index (χ0v) is 11.0. The molecule has 2 heterocycles. The summed E-state index contributed by atoms with van der Waals surface area (Å²) in [5, 5.41) is 15.5. The first kappa shape index (κ1) is 12.9. The van der Waals surface area contributed by atoms with E-state index < -0.39 is 4.92 Å². The summed E-state index contributed by atoms with van der Waals surface area (Å²) in [4.78, 5) is 21.6. The minimum Gasteiger partial charge on any atom is -0.310 e. The number of nitrogens with zero attached hydrogens (tertiary/aromatic N) is 4. The van der Waals surface area contributed by atoms with Gasteiger partial charge in [-0.3, -0.25) is 10.1 Å². The van der Waals surface area contributed by atoms with E-state index in [2.05, 4.69) is 20.3 Å². The molecule has 0 saturated carbocycles. The topological polar surface area (TPSA) is 93.8 Å². The van der Waals surface area contributed by atoms with Gasteiger partial charge in [0.15, 0.2) is 5.13 Å². The number of rotatable bonds is 4. The summed E-state index contributed by atoms with van der Waals surface area (Å²) >= 11 is 12.5. The molecule has 0 atom stereocenters. The predicted molar refractivity (Wildman–Crippen MR) is 68.7 cm³/mol. The van der Waals surface area contributed by atoms with Crippen molar-refractivity contribution in [3.05, 3.63) is 32.7 Å². The summed E-state index contributed by atoms with van der Waals surface area (Å²) in [6.45, 7) is 0. The Morgan fingerprint density at radius 3 is 2.89 bits per heavy atom. The Labute approximate surface area is 115 Å². The zero-order chi connectivity index (χ0) is 13.1. The van der Waals surface area contributed by atoms with Crippen molar-refractivity contribution in [3.63, 3.8) is 0 Å². The van der Waals surface area contributed by atoms with Crippen LogP contribution in [0.15, 0.2) is 11.7 Å². The van der Waals surface area contributed by atoms with Crippen LogP contribution >= 0.6 is 34.5 Å². The Hall–Kier alpha value is -1.51. The first-order valence-corrected chi connectivity index (χ1v) is 6.33. The smallest absolute Gasteiger partial charge is 0.310 e. The first-order valence-electron chi connectivity index (χ1n) is 4.54. The van der Waals surface area contributed by atoms with Crippen LogP contribution < -0.4 is 5.32 Å². The van der Waals surface area contributed by atoms with Crippen LogP contribution in [0.3, 0.4) is 0 Å². The van der Waals surface area contributed by atoms with Crippen molar-refractivity contribution in [2.24, 2.45) is 0 Å². The third-order valence-corrected chi connectivity index (χ3v) is 3.23. The second-order valence-corrected chi connectivity index (χ2v) is 4.50. The summed E-state index contributed by atoms with van der Waals surface area (Å²) in [6.07, 6.45) is 1.13. The lowest BCUT2D eigenvalue weighted by atomic mass is 10.5. The Morgan fingerprint density at radius 1 is 1.50 bits per heavy atom. The van der Waals surface area contributed by atoms with Crippen LogP contribution in [0, 0.1) is 10.1 Å². The van der Waals surface area contributed by atoms with Crippen molar-refractivity contribution in [2.45, 2.75) is 5.88 Å². The number of hydrogen-bond acceptors (Lipinski definition) is 7. The fourth-order valence-corrected chi connectivity index (χ4v) is 2.28. The number of hydrogen-bond donors (Lipinski definition) is 1. The molecule has 0 fully saturated rings. The molecule has 0 saturated heterocycles. The maximum absolute atomic E-state index is 10.9. The first-order chi connectivity index (χ1) is 8.61. The zero-order valence-electron chi connectivity index (χ0n) is 8.63. The van der Waals surface area contributed by atoms with E-state index in [1.165, 1.54) is 11.3 Å². The van der Waals surface area contributed by atoms with Gasteiger partial charge >= 0.3 is 5.69 Å². The molecule has 2 aromatic rings. The summed E-state index contributed by atoms with van der Waals surface area (Å²) in [7, 11) is 0. The molecule has 1 N–H and O–H groups in total. The Morgan fingerprint density at radius 2 is 2.28 bits per heavy atom. The van der Waals surface area contributed by atoms with Crippen LogP contribution in [0.5, 0.6) is 0 Å². The van der Waals surface area contributed by atoms with E-state index in [9.17, 15) is 10.1 Å². The summed E-state index contributed by atoms with van der Waals surface area (Å²) < 4.78 is 0. The minimum absolute atomic E-state index is 0.00419. The molecule has 0 aliphatic heterocycles. The van der Waals surface area contributed by atoms with Crippen LogP contribution in [0.1, 0.15) is 5.69 Å². The van der Waals surface area contributed by atoms with E-state index in [4.69, 9.17) is 23.2 Å². The van der Waals surface area contributed by atoms with Gasteiger partial charge in [0, 0.05) is 5.38 Å². The quantitative estimate of drug-likeness (QED) is 0.404. The highest BCUT2D eigenvalue weighted by Crippen LogP contribution is 2.31. The van der Waals surface area contributed by atoms with Gasteiger partial charge in [-0.25, -0.2) is 15.0 Å². The molecule has 94 valence electrons. The van der Waals surface area contributed by atoms with Gasteiger partial charge < -0.3 is 5.32 Å². The standard InChI is InChI=1S/C8H5Cl2N5O2S/c9-1-4-2-18-8(13-4)14-7-5(15(16)17)6(10)11-3-12-7/h2-3H,1H2,(H,11,12,13,14). The van der Waals surface area contributed by atoms with E-state index in [1.807, 2.05) is 0 Å². The van der Waals surface area contributed by atoms with E-state index in [1.54, 1.807) is 5.38 Å². The highest BCUT2D eigenvalue weighted by Gasteiger charge is 2.22. The molecule has 0 aromatic carbocycles. The van der Waals surface area contributed by atoms with Gasteiger partial charge in [-0.1, -0.05) is 11.6 Å². The Balaban J connectivity index is 2.34. The van der Waals surface area contributed by atoms with Gasteiger partial charge in [0.1, 0.15) is 6.33 Å². The molecular weight excluding hydrogens is 301 g/mol. The van der Waals surface area contributed by atoms with E-state index in [-0.39, 0.29) is 22.5 Å². The van der Waals surface area contributed by atoms with Crippen molar-refractivity contribution in [1.82, 2.24) is 15.0 Å². The molecule has 10 heteroatoms. The van der Waals surface area contributed by atoms with Crippen molar-refractivity contribution >= 4 is 51.2 Å². The Kier molecular flexibility index (Phi) is 3.90. The second-order valence-electron chi connectivity index (χ2n) is 3.02. The Bertz CT molecular complexity index is 591. The van der Waals surface area contributed by atoms with E-state index in [0.717, 1.165) is 6.33 Å². The van der Waals surface area contributed by atoms with Crippen molar-refractivity contribution in [3.8, 4) is 0 Å². The van der Waals surface area contributed by atoms with Crippen molar-refractivity contribution in [2.75, 3.05) is 5.32 Å². The third kappa shape index (κ3) is 2.66. The number of aromatic nitrogens is 3. The molecule has 0 spiro atoms. The highest BCUT2D eigenvalue weighted by molar-refractivity contribution is 7.13. The minimum atomic E-state index is -0.652. The molecule has 0 bridgehead atoms. The number of halogens is 2. The lowest BCUT2D eigenvalue weighted by Gasteiger charge is -2.02. The van der Waals surface area contributed by atoms with Crippen LogP contribution in [0.2, 0.25) is 5.15 Å². The monoisotopic (exact) mass is 305 g/mol.